The molecule has 0 saturated heterocycles. The summed E-state index contributed by atoms with van der Waals surface area (Å²) in [7, 11) is 3.78. The molecule has 1 unspecified atom stereocenters. The summed E-state index contributed by atoms with van der Waals surface area (Å²) in [6.45, 7) is 8.76. The van der Waals surface area contributed by atoms with Gasteiger partial charge in [-0.15, -0.1) is 23.1 Å². The van der Waals surface area contributed by atoms with Crippen LogP contribution < -0.4 is 10.1 Å². The number of hydrogen-bond donors (Lipinski definition) is 1. The molecule has 1 aromatic carbocycles. The van der Waals surface area contributed by atoms with Gasteiger partial charge in [0.15, 0.2) is 5.96 Å². The van der Waals surface area contributed by atoms with Gasteiger partial charge in [-0.2, -0.15) is 0 Å². The van der Waals surface area contributed by atoms with Crippen LogP contribution in [0.4, 0.5) is 0 Å². The maximum Gasteiger partial charge on any atom is 0.194 e. The second kappa shape index (κ2) is 11.2. The van der Waals surface area contributed by atoms with E-state index in [9.17, 15) is 0 Å². The third-order valence-electron chi connectivity index (χ3n) is 3.91. The Morgan fingerprint density at radius 3 is 2.85 bits per heavy atom. The van der Waals surface area contributed by atoms with E-state index >= 15 is 0 Å². The van der Waals surface area contributed by atoms with E-state index in [0.29, 0.717) is 5.92 Å². The Morgan fingerprint density at radius 1 is 1.41 bits per heavy atom. The largest absolute Gasteiger partial charge is 0.496 e. The van der Waals surface area contributed by atoms with Crippen LogP contribution in [0.15, 0.2) is 39.5 Å². The first-order valence-corrected chi connectivity index (χ1v) is 11.1. The summed E-state index contributed by atoms with van der Waals surface area (Å²) >= 11 is 3.51. The fraction of sp³-hybridized carbons (Fsp3) is 0.500. The first kappa shape index (κ1) is 21.6. The van der Waals surface area contributed by atoms with Gasteiger partial charge in [0.1, 0.15) is 5.75 Å². The Morgan fingerprint density at radius 2 is 2.19 bits per heavy atom. The number of hydrogen-bond acceptors (Lipinski definition) is 5. The van der Waals surface area contributed by atoms with E-state index < -0.39 is 0 Å². The number of aryl methyl sites for hydroxylation is 1. The minimum Gasteiger partial charge on any atom is -0.496 e. The second-order valence-corrected chi connectivity index (χ2v) is 8.60. The van der Waals surface area contributed by atoms with Gasteiger partial charge in [0.2, 0.25) is 0 Å². The summed E-state index contributed by atoms with van der Waals surface area (Å²) in [4.78, 5) is 12.7. The fourth-order valence-electron chi connectivity index (χ4n) is 2.53. The molecule has 0 spiro atoms. The van der Waals surface area contributed by atoms with Crippen LogP contribution >= 0.6 is 23.1 Å². The predicted molar refractivity (Wildman–Crippen MR) is 117 cm³/mol. The van der Waals surface area contributed by atoms with Gasteiger partial charge < -0.3 is 15.0 Å². The van der Waals surface area contributed by atoms with Gasteiger partial charge in [-0.25, -0.2) is 4.98 Å². The van der Waals surface area contributed by atoms with E-state index in [1.165, 1.54) is 4.90 Å². The lowest BCUT2D eigenvalue weighted by molar-refractivity contribution is 0.405. The topological polar surface area (TPSA) is 49.8 Å². The molecule has 0 aliphatic rings. The summed E-state index contributed by atoms with van der Waals surface area (Å²) in [5.41, 5.74) is 1.09. The van der Waals surface area contributed by atoms with Crippen LogP contribution in [0.25, 0.3) is 0 Å². The lowest BCUT2D eigenvalue weighted by Gasteiger charge is -2.22. The summed E-state index contributed by atoms with van der Waals surface area (Å²) in [5.74, 6) is 3.32. The maximum absolute atomic E-state index is 5.43. The fourth-order valence-corrected chi connectivity index (χ4v) is 4.18. The number of guanidine groups is 1. The highest BCUT2D eigenvalue weighted by atomic mass is 32.2. The second-order valence-electron chi connectivity index (χ2n) is 6.48. The first-order valence-electron chi connectivity index (χ1n) is 9.19. The molecule has 1 heterocycles. The van der Waals surface area contributed by atoms with Crippen molar-refractivity contribution in [3.8, 4) is 5.75 Å². The summed E-state index contributed by atoms with van der Waals surface area (Å²) in [5, 5.41) is 6.59. The lowest BCUT2D eigenvalue weighted by atomic mass is 10.2. The van der Waals surface area contributed by atoms with E-state index in [0.717, 1.165) is 47.8 Å². The quantitative estimate of drug-likeness (QED) is 0.382. The minimum atomic E-state index is 0.462. The number of rotatable bonds is 9. The average molecular weight is 407 g/mol. The molecule has 2 aromatic rings. The Kier molecular flexibility index (Phi) is 8.94. The number of benzene rings is 1. The molecular weight excluding hydrogens is 376 g/mol. The molecule has 0 aliphatic heterocycles. The van der Waals surface area contributed by atoms with Crippen LogP contribution in [0, 0.1) is 12.8 Å². The molecule has 0 bridgehead atoms. The van der Waals surface area contributed by atoms with Crippen LogP contribution in [-0.2, 0) is 6.54 Å². The number of aliphatic imine (C=N–C) groups is 1. The summed E-state index contributed by atoms with van der Waals surface area (Å²) in [6.07, 6.45) is 0. The van der Waals surface area contributed by atoms with E-state index in [-0.39, 0.29) is 0 Å². The Bertz CT molecular complexity index is 732. The zero-order chi connectivity index (χ0) is 19.6. The standard InChI is InChI=1S/C20H30N4OS2/c1-6-21-20(24(4)12-17-14-26-16(3)23-17)22-11-15(2)13-27-19-10-8-7-9-18(19)25-5/h7-10,14-15H,6,11-13H2,1-5H3,(H,21,22). The maximum atomic E-state index is 5.43. The van der Waals surface area contributed by atoms with Crippen molar-refractivity contribution in [1.82, 2.24) is 15.2 Å². The molecule has 1 N–H and O–H groups in total. The third-order valence-corrected chi connectivity index (χ3v) is 6.11. The third kappa shape index (κ3) is 7.07. The van der Waals surface area contributed by atoms with Crippen LogP contribution in [0.5, 0.6) is 5.75 Å². The molecule has 0 aliphatic carbocycles. The van der Waals surface area contributed by atoms with Crippen molar-refractivity contribution in [2.45, 2.75) is 32.2 Å². The number of thioether (sulfide) groups is 1. The van der Waals surface area contributed by atoms with Gasteiger partial charge in [0.05, 0.1) is 24.4 Å². The SMILES string of the molecule is CCNC(=NCC(C)CSc1ccccc1OC)N(C)Cc1csc(C)n1. The monoisotopic (exact) mass is 406 g/mol. The van der Waals surface area contributed by atoms with E-state index in [2.05, 4.69) is 47.5 Å². The van der Waals surface area contributed by atoms with Crippen molar-refractivity contribution >= 4 is 29.1 Å². The predicted octanol–water partition coefficient (Wildman–Crippen LogP) is 4.29. The number of nitrogens with zero attached hydrogens (tertiary/aromatic N) is 3. The van der Waals surface area contributed by atoms with E-state index in [4.69, 9.17) is 9.73 Å². The van der Waals surface area contributed by atoms with Gasteiger partial charge in [0, 0.05) is 36.2 Å². The van der Waals surface area contributed by atoms with Crippen LogP contribution in [0.2, 0.25) is 0 Å². The summed E-state index contributed by atoms with van der Waals surface area (Å²) < 4.78 is 5.43. The average Bonchev–Trinajstić information content (AvgIpc) is 3.08. The summed E-state index contributed by atoms with van der Waals surface area (Å²) in [6, 6.07) is 8.15. The molecule has 1 atom stereocenters. The smallest absolute Gasteiger partial charge is 0.194 e. The molecule has 0 saturated carbocycles. The number of ether oxygens (including phenoxy) is 1. The molecular formula is C20H30N4OS2. The molecule has 2 rings (SSSR count). The highest BCUT2D eigenvalue weighted by molar-refractivity contribution is 7.99. The van der Waals surface area contributed by atoms with Crippen molar-refractivity contribution in [1.29, 1.82) is 0 Å². The van der Waals surface area contributed by atoms with Gasteiger partial charge in [-0.1, -0.05) is 19.1 Å². The van der Waals surface area contributed by atoms with Crippen molar-refractivity contribution < 1.29 is 4.74 Å². The Hall–Kier alpha value is -1.73. The van der Waals surface area contributed by atoms with Gasteiger partial charge in [0.25, 0.3) is 0 Å². The number of thiazole rings is 1. The lowest BCUT2D eigenvalue weighted by Crippen LogP contribution is -2.38. The highest BCUT2D eigenvalue weighted by Gasteiger charge is 2.11. The zero-order valence-corrected chi connectivity index (χ0v) is 18.5. The van der Waals surface area contributed by atoms with Crippen LogP contribution in [-0.4, -0.2) is 48.8 Å². The molecule has 0 radical (unpaired) electrons. The minimum absolute atomic E-state index is 0.462. The van der Waals surface area contributed by atoms with Crippen LogP contribution in [0.3, 0.4) is 0 Å². The van der Waals surface area contributed by atoms with E-state index in [1.807, 2.05) is 36.9 Å². The molecule has 27 heavy (non-hydrogen) atoms. The van der Waals surface area contributed by atoms with Crippen molar-refractivity contribution in [3.05, 3.63) is 40.3 Å². The molecule has 5 nitrogen and oxygen atoms in total. The Labute approximate surface area is 171 Å². The molecule has 0 amide bonds. The normalized spacial score (nSPS) is 12.7. The van der Waals surface area contributed by atoms with Crippen LogP contribution in [0.1, 0.15) is 24.5 Å². The number of para-hydroxylation sites is 1. The number of aromatic nitrogens is 1. The Balaban J connectivity index is 1.90. The molecule has 148 valence electrons. The van der Waals surface area contributed by atoms with Crippen molar-refractivity contribution in [2.75, 3.05) is 33.0 Å². The van der Waals surface area contributed by atoms with E-state index in [1.54, 1.807) is 18.4 Å². The van der Waals surface area contributed by atoms with Gasteiger partial charge in [-0.05, 0) is 31.9 Å². The molecule has 0 fully saturated rings. The zero-order valence-electron chi connectivity index (χ0n) is 16.9. The number of nitrogens with one attached hydrogen (secondary N) is 1. The van der Waals surface area contributed by atoms with Crippen molar-refractivity contribution in [2.24, 2.45) is 10.9 Å². The first-order chi connectivity index (χ1) is 13.0. The molecule has 7 heteroatoms. The van der Waals surface area contributed by atoms with Gasteiger partial charge >= 0.3 is 0 Å². The van der Waals surface area contributed by atoms with Gasteiger partial charge in [-0.3, -0.25) is 4.99 Å². The molecule has 1 aromatic heterocycles. The number of methoxy groups -OCH3 is 1. The van der Waals surface area contributed by atoms with Crippen molar-refractivity contribution in [3.63, 3.8) is 0 Å². The highest BCUT2D eigenvalue weighted by Crippen LogP contribution is 2.30.